The Hall–Kier alpha value is -2.38. The first-order valence-corrected chi connectivity index (χ1v) is 5.37. The normalized spacial score (nSPS) is 10.7. The van der Waals surface area contributed by atoms with Gasteiger partial charge in [0, 0.05) is 0 Å². The van der Waals surface area contributed by atoms with E-state index in [0.717, 1.165) is 6.20 Å². The summed E-state index contributed by atoms with van der Waals surface area (Å²) in [6.45, 7) is 5.13. The van der Waals surface area contributed by atoms with E-state index < -0.39 is 17.7 Å². The van der Waals surface area contributed by atoms with E-state index >= 15 is 0 Å². The number of nitrogens with one attached hydrogen (secondary N) is 1. The van der Waals surface area contributed by atoms with Gasteiger partial charge in [-0.3, -0.25) is 5.32 Å². The van der Waals surface area contributed by atoms with Crippen LogP contribution in [0.2, 0.25) is 0 Å². The van der Waals surface area contributed by atoms with Crippen molar-refractivity contribution >= 4 is 18.0 Å². The maximum atomic E-state index is 11.5. The minimum Gasteiger partial charge on any atom is -0.480 e. The van der Waals surface area contributed by atoms with Crippen molar-refractivity contribution in [2.24, 2.45) is 0 Å². The summed E-state index contributed by atoms with van der Waals surface area (Å²) >= 11 is 0. The van der Waals surface area contributed by atoms with Gasteiger partial charge in [0.05, 0.1) is 13.3 Å². The molecular weight excluding hydrogens is 254 g/mol. The number of hydrogen-bond donors (Lipinski definition) is 2. The SMILES string of the molecule is COc1nc(NC(=O)OC(C)(C)C)ncc1C(=O)O. The maximum absolute atomic E-state index is 11.5. The molecule has 1 heterocycles. The smallest absolute Gasteiger partial charge is 0.414 e. The van der Waals surface area contributed by atoms with Gasteiger partial charge in [-0.1, -0.05) is 0 Å². The molecule has 19 heavy (non-hydrogen) atoms. The quantitative estimate of drug-likeness (QED) is 0.855. The summed E-state index contributed by atoms with van der Waals surface area (Å²) in [6.07, 6.45) is 0.304. The van der Waals surface area contributed by atoms with Crippen molar-refractivity contribution in [3.63, 3.8) is 0 Å². The largest absolute Gasteiger partial charge is 0.480 e. The van der Waals surface area contributed by atoms with Crippen molar-refractivity contribution in [1.82, 2.24) is 9.97 Å². The van der Waals surface area contributed by atoms with E-state index in [4.69, 9.17) is 14.6 Å². The van der Waals surface area contributed by atoms with E-state index in [9.17, 15) is 9.59 Å². The van der Waals surface area contributed by atoms with Gasteiger partial charge in [0.15, 0.2) is 0 Å². The number of carbonyl (C=O) groups is 2. The van der Waals surface area contributed by atoms with Gasteiger partial charge in [-0.15, -0.1) is 0 Å². The van der Waals surface area contributed by atoms with E-state index in [1.54, 1.807) is 20.8 Å². The average Bonchev–Trinajstić information content (AvgIpc) is 2.25. The lowest BCUT2D eigenvalue weighted by Crippen LogP contribution is -2.27. The molecule has 0 bridgehead atoms. The Bertz CT molecular complexity index is 496. The first kappa shape index (κ1) is 14.7. The molecule has 2 N–H and O–H groups in total. The summed E-state index contributed by atoms with van der Waals surface area (Å²) in [5.41, 5.74) is -0.855. The monoisotopic (exact) mass is 269 g/mol. The zero-order chi connectivity index (χ0) is 14.6. The Morgan fingerprint density at radius 3 is 2.47 bits per heavy atom. The number of carboxylic acids is 1. The van der Waals surface area contributed by atoms with Crippen molar-refractivity contribution < 1.29 is 24.2 Å². The fraction of sp³-hybridized carbons (Fsp3) is 0.455. The molecule has 0 radical (unpaired) electrons. The third kappa shape index (κ3) is 4.41. The Morgan fingerprint density at radius 2 is 2.00 bits per heavy atom. The number of anilines is 1. The molecule has 0 aliphatic carbocycles. The second-order valence-electron chi connectivity index (χ2n) is 4.55. The molecule has 8 nitrogen and oxygen atoms in total. The van der Waals surface area contributed by atoms with Gasteiger partial charge in [-0.25, -0.2) is 14.6 Å². The highest BCUT2D eigenvalue weighted by molar-refractivity contribution is 5.90. The van der Waals surface area contributed by atoms with Crippen molar-refractivity contribution in [2.75, 3.05) is 12.4 Å². The second-order valence-corrected chi connectivity index (χ2v) is 4.55. The number of rotatable bonds is 3. The lowest BCUT2D eigenvalue weighted by Gasteiger charge is -2.19. The number of carboxylic acid groups (broad SMARTS) is 1. The molecular formula is C11H15N3O5. The molecule has 1 rings (SSSR count). The fourth-order valence-corrected chi connectivity index (χ4v) is 1.12. The van der Waals surface area contributed by atoms with Crippen LogP contribution < -0.4 is 10.1 Å². The van der Waals surface area contributed by atoms with Crippen molar-refractivity contribution in [2.45, 2.75) is 26.4 Å². The maximum Gasteiger partial charge on any atom is 0.414 e. The molecule has 8 heteroatoms. The van der Waals surface area contributed by atoms with Crippen molar-refractivity contribution in [1.29, 1.82) is 0 Å². The number of carbonyl (C=O) groups excluding carboxylic acids is 1. The highest BCUT2D eigenvalue weighted by Gasteiger charge is 2.19. The van der Waals surface area contributed by atoms with Crippen molar-refractivity contribution in [3.05, 3.63) is 11.8 Å². The first-order chi connectivity index (χ1) is 8.73. The van der Waals surface area contributed by atoms with Crippen molar-refractivity contribution in [3.8, 4) is 5.88 Å². The van der Waals surface area contributed by atoms with Gasteiger partial charge in [-0.05, 0) is 20.8 Å². The molecule has 0 aliphatic heterocycles. The lowest BCUT2D eigenvalue weighted by atomic mass is 10.2. The van der Waals surface area contributed by atoms with Crippen LogP contribution in [0, 0.1) is 0 Å². The predicted octanol–water partition coefficient (Wildman–Crippen LogP) is 1.53. The van der Waals surface area contributed by atoms with E-state index in [1.807, 2.05) is 0 Å². The lowest BCUT2D eigenvalue weighted by molar-refractivity contribution is 0.0633. The Kier molecular flexibility index (Phi) is 4.26. The zero-order valence-corrected chi connectivity index (χ0v) is 11.1. The van der Waals surface area contributed by atoms with Gasteiger partial charge < -0.3 is 14.6 Å². The topological polar surface area (TPSA) is 111 Å². The molecule has 0 saturated heterocycles. The summed E-state index contributed by atoms with van der Waals surface area (Å²) in [5, 5.41) is 11.1. The fourth-order valence-electron chi connectivity index (χ4n) is 1.12. The third-order valence-corrected chi connectivity index (χ3v) is 1.79. The summed E-state index contributed by atoms with van der Waals surface area (Å²) in [7, 11) is 1.27. The Labute approximate surface area is 109 Å². The van der Waals surface area contributed by atoms with Crippen LogP contribution in [-0.4, -0.2) is 39.8 Å². The molecule has 104 valence electrons. The number of ether oxygens (including phenoxy) is 2. The summed E-state index contributed by atoms with van der Waals surface area (Å²) in [4.78, 5) is 29.8. The van der Waals surface area contributed by atoms with Crippen LogP contribution in [0.5, 0.6) is 5.88 Å². The molecule has 0 fully saturated rings. The Balaban J connectivity index is 2.86. The van der Waals surface area contributed by atoms with Crippen LogP contribution in [-0.2, 0) is 4.74 Å². The highest BCUT2D eigenvalue weighted by Crippen LogP contribution is 2.16. The van der Waals surface area contributed by atoms with E-state index in [2.05, 4.69) is 15.3 Å². The molecule has 0 spiro atoms. The number of methoxy groups -OCH3 is 1. The highest BCUT2D eigenvalue weighted by atomic mass is 16.6. The minimum absolute atomic E-state index is 0.101. The van der Waals surface area contributed by atoms with Gasteiger partial charge in [0.2, 0.25) is 11.8 Å². The number of amides is 1. The molecule has 0 aromatic carbocycles. The van der Waals surface area contributed by atoms with Crippen LogP contribution in [0.15, 0.2) is 6.20 Å². The van der Waals surface area contributed by atoms with Crippen LogP contribution >= 0.6 is 0 Å². The van der Waals surface area contributed by atoms with E-state index in [1.165, 1.54) is 7.11 Å². The van der Waals surface area contributed by atoms with E-state index in [0.29, 0.717) is 0 Å². The van der Waals surface area contributed by atoms with Crippen LogP contribution in [0.4, 0.5) is 10.7 Å². The molecule has 1 aromatic rings. The molecule has 0 aliphatic rings. The zero-order valence-electron chi connectivity index (χ0n) is 11.1. The second kappa shape index (κ2) is 5.51. The van der Waals surface area contributed by atoms with Gasteiger partial charge in [0.1, 0.15) is 11.2 Å². The predicted molar refractivity (Wildman–Crippen MR) is 65.4 cm³/mol. The van der Waals surface area contributed by atoms with Gasteiger partial charge >= 0.3 is 12.1 Å². The van der Waals surface area contributed by atoms with Gasteiger partial charge in [-0.2, -0.15) is 4.98 Å². The number of aromatic nitrogens is 2. The summed E-state index contributed by atoms with van der Waals surface area (Å²) in [5.74, 6) is -1.47. The van der Waals surface area contributed by atoms with Crippen LogP contribution in [0.3, 0.4) is 0 Å². The minimum atomic E-state index is -1.22. The third-order valence-electron chi connectivity index (χ3n) is 1.79. The number of aromatic carboxylic acids is 1. The molecule has 1 aromatic heterocycles. The summed E-state index contributed by atoms with van der Waals surface area (Å²) < 4.78 is 9.81. The molecule has 0 saturated carbocycles. The number of hydrogen-bond acceptors (Lipinski definition) is 6. The standard InChI is InChI=1S/C11H15N3O5/c1-11(2,3)19-10(17)14-9-12-5-6(8(15)16)7(13-9)18-4/h5H,1-4H3,(H,15,16)(H,12,13,14,17). The van der Waals surface area contributed by atoms with Gasteiger partial charge in [0.25, 0.3) is 0 Å². The van der Waals surface area contributed by atoms with Crippen LogP contribution in [0.25, 0.3) is 0 Å². The molecule has 0 unspecified atom stereocenters. The molecule has 0 atom stereocenters. The molecule has 1 amide bonds. The summed E-state index contributed by atoms with van der Waals surface area (Å²) in [6, 6.07) is 0. The van der Waals surface area contributed by atoms with E-state index in [-0.39, 0.29) is 17.4 Å². The Morgan fingerprint density at radius 1 is 1.37 bits per heavy atom. The van der Waals surface area contributed by atoms with Crippen LogP contribution in [0.1, 0.15) is 31.1 Å². The number of nitrogens with zero attached hydrogens (tertiary/aromatic N) is 2. The average molecular weight is 269 g/mol. The first-order valence-electron chi connectivity index (χ1n) is 5.37.